The third-order valence-electron chi connectivity index (χ3n) is 3.40. The van der Waals surface area contributed by atoms with Crippen molar-refractivity contribution in [1.29, 1.82) is 0 Å². The quantitative estimate of drug-likeness (QED) is 0.706. The van der Waals surface area contributed by atoms with Crippen LogP contribution in [0.1, 0.15) is 39.5 Å². The summed E-state index contributed by atoms with van der Waals surface area (Å²) in [6.45, 7) is 4.80. The number of rotatable bonds is 2. The van der Waals surface area contributed by atoms with Crippen LogP contribution in [0.3, 0.4) is 0 Å². The average Bonchev–Trinajstić information content (AvgIpc) is 2.75. The predicted octanol–water partition coefficient (Wildman–Crippen LogP) is 2.41. The smallest absolute Gasteiger partial charge is 0.179 e. The number of hydrogen-bond donors (Lipinski definition) is 0. The predicted molar refractivity (Wildman–Crippen MR) is 58.7 cm³/mol. The van der Waals surface area contributed by atoms with Gasteiger partial charge in [-0.05, 0) is 45.3 Å². The third kappa shape index (κ3) is 1.61. The zero-order valence-electron chi connectivity index (χ0n) is 8.97. The molecule has 3 heteroatoms. The van der Waals surface area contributed by atoms with Gasteiger partial charge in [0.25, 0.3) is 0 Å². The molecule has 2 aliphatic heterocycles. The molecule has 0 aromatic rings. The lowest BCUT2D eigenvalue weighted by atomic mass is 9.86. The standard InChI is InChI=1S/C11H18O2S/c1-10(5-3-7-13-10)9(12)11(2)6-4-8-14-11/h3-8H2,1-2H3. The van der Waals surface area contributed by atoms with Gasteiger partial charge in [-0.25, -0.2) is 0 Å². The van der Waals surface area contributed by atoms with Gasteiger partial charge < -0.3 is 4.74 Å². The number of hydrogen-bond acceptors (Lipinski definition) is 3. The summed E-state index contributed by atoms with van der Waals surface area (Å²) in [6, 6.07) is 0. The molecule has 0 amide bonds. The van der Waals surface area contributed by atoms with Crippen LogP contribution in [0.4, 0.5) is 0 Å². The first kappa shape index (κ1) is 10.5. The first-order valence-corrected chi connectivity index (χ1v) is 6.38. The van der Waals surface area contributed by atoms with Gasteiger partial charge in [0.05, 0.1) is 4.75 Å². The van der Waals surface area contributed by atoms with Crippen LogP contribution >= 0.6 is 11.8 Å². The molecule has 2 nitrogen and oxygen atoms in total. The zero-order chi connectivity index (χ0) is 10.2. The number of ether oxygens (including phenoxy) is 1. The summed E-state index contributed by atoms with van der Waals surface area (Å²) in [5.74, 6) is 1.45. The molecular formula is C11H18O2S. The molecule has 0 spiro atoms. The van der Waals surface area contributed by atoms with E-state index in [4.69, 9.17) is 4.74 Å². The highest BCUT2D eigenvalue weighted by Crippen LogP contribution is 2.43. The Bertz CT molecular complexity index is 214. The van der Waals surface area contributed by atoms with Gasteiger partial charge >= 0.3 is 0 Å². The minimum atomic E-state index is -0.480. The van der Waals surface area contributed by atoms with Gasteiger partial charge in [0.2, 0.25) is 0 Å². The van der Waals surface area contributed by atoms with E-state index in [1.54, 1.807) is 0 Å². The Labute approximate surface area is 89.8 Å². The van der Waals surface area contributed by atoms with E-state index < -0.39 is 5.60 Å². The summed E-state index contributed by atoms with van der Waals surface area (Å²) in [4.78, 5) is 12.3. The van der Waals surface area contributed by atoms with E-state index in [2.05, 4.69) is 6.92 Å². The van der Waals surface area contributed by atoms with Crippen molar-refractivity contribution in [3.05, 3.63) is 0 Å². The van der Waals surface area contributed by atoms with Gasteiger partial charge in [-0.1, -0.05) is 0 Å². The normalized spacial score (nSPS) is 43.0. The van der Waals surface area contributed by atoms with Gasteiger partial charge in [-0.3, -0.25) is 4.79 Å². The fourth-order valence-electron chi connectivity index (χ4n) is 2.48. The maximum Gasteiger partial charge on any atom is 0.179 e. The van der Waals surface area contributed by atoms with Gasteiger partial charge in [-0.2, -0.15) is 0 Å². The second kappa shape index (κ2) is 3.53. The first-order valence-electron chi connectivity index (χ1n) is 5.40. The van der Waals surface area contributed by atoms with Crippen molar-refractivity contribution < 1.29 is 9.53 Å². The van der Waals surface area contributed by atoms with Gasteiger partial charge in [0.1, 0.15) is 5.60 Å². The lowest BCUT2D eigenvalue weighted by Crippen LogP contribution is -2.46. The fraction of sp³-hybridized carbons (Fsp3) is 0.909. The Morgan fingerprint density at radius 3 is 2.57 bits per heavy atom. The molecule has 0 saturated carbocycles. The first-order chi connectivity index (χ1) is 6.57. The molecule has 0 bridgehead atoms. The van der Waals surface area contributed by atoms with Crippen molar-refractivity contribution in [2.45, 2.75) is 49.9 Å². The van der Waals surface area contributed by atoms with Crippen molar-refractivity contribution in [2.75, 3.05) is 12.4 Å². The molecule has 2 aliphatic rings. The van der Waals surface area contributed by atoms with E-state index in [-0.39, 0.29) is 4.75 Å². The Balaban J connectivity index is 2.13. The van der Waals surface area contributed by atoms with Crippen molar-refractivity contribution in [3.63, 3.8) is 0 Å². The van der Waals surface area contributed by atoms with Crippen LogP contribution in [-0.2, 0) is 9.53 Å². The van der Waals surface area contributed by atoms with E-state index in [0.717, 1.165) is 31.6 Å². The van der Waals surface area contributed by atoms with E-state index in [0.29, 0.717) is 5.78 Å². The Kier molecular flexibility index (Phi) is 2.64. The highest BCUT2D eigenvalue weighted by atomic mass is 32.2. The molecule has 2 unspecified atom stereocenters. The molecule has 0 N–H and O–H groups in total. The molecule has 0 radical (unpaired) electrons. The van der Waals surface area contributed by atoms with Crippen molar-refractivity contribution in [3.8, 4) is 0 Å². The Morgan fingerprint density at radius 1 is 1.29 bits per heavy atom. The van der Waals surface area contributed by atoms with Crippen LogP contribution in [0.15, 0.2) is 0 Å². The van der Waals surface area contributed by atoms with E-state index in [1.165, 1.54) is 6.42 Å². The largest absolute Gasteiger partial charge is 0.367 e. The van der Waals surface area contributed by atoms with E-state index in [1.807, 2.05) is 18.7 Å². The second-order valence-electron chi connectivity index (χ2n) is 4.69. The van der Waals surface area contributed by atoms with Crippen molar-refractivity contribution in [2.24, 2.45) is 0 Å². The van der Waals surface area contributed by atoms with Crippen LogP contribution in [0.5, 0.6) is 0 Å². The second-order valence-corrected chi connectivity index (χ2v) is 6.29. The number of carbonyl (C=O) groups excluding carboxylic acids is 1. The van der Waals surface area contributed by atoms with Crippen LogP contribution < -0.4 is 0 Å². The lowest BCUT2D eigenvalue weighted by molar-refractivity contribution is -0.139. The van der Waals surface area contributed by atoms with Crippen LogP contribution in [0, 0.1) is 0 Å². The Hall–Kier alpha value is -0.0200. The van der Waals surface area contributed by atoms with Gasteiger partial charge in [0.15, 0.2) is 5.78 Å². The molecule has 2 fully saturated rings. The molecule has 2 atom stereocenters. The molecule has 0 aromatic heterocycles. The monoisotopic (exact) mass is 214 g/mol. The van der Waals surface area contributed by atoms with Crippen LogP contribution in [-0.4, -0.2) is 28.5 Å². The molecule has 2 saturated heterocycles. The minimum absolute atomic E-state index is 0.168. The number of carbonyl (C=O) groups is 1. The summed E-state index contributed by atoms with van der Waals surface area (Å²) in [5, 5.41) is 0. The minimum Gasteiger partial charge on any atom is -0.367 e. The topological polar surface area (TPSA) is 26.3 Å². The summed E-state index contributed by atoms with van der Waals surface area (Å²) >= 11 is 1.81. The van der Waals surface area contributed by atoms with E-state index >= 15 is 0 Å². The maximum absolute atomic E-state index is 12.3. The maximum atomic E-state index is 12.3. The van der Waals surface area contributed by atoms with Crippen molar-refractivity contribution >= 4 is 17.5 Å². The Morgan fingerprint density at radius 2 is 2.07 bits per heavy atom. The molecule has 0 aromatic carbocycles. The zero-order valence-corrected chi connectivity index (χ0v) is 9.78. The van der Waals surface area contributed by atoms with Crippen LogP contribution in [0.25, 0.3) is 0 Å². The fourth-order valence-corrected chi connectivity index (χ4v) is 3.85. The van der Waals surface area contributed by atoms with Gasteiger partial charge in [-0.15, -0.1) is 11.8 Å². The molecule has 2 heterocycles. The average molecular weight is 214 g/mol. The molecular weight excluding hydrogens is 196 g/mol. The summed E-state index contributed by atoms with van der Waals surface area (Å²) in [7, 11) is 0. The number of ketones is 1. The summed E-state index contributed by atoms with van der Waals surface area (Å²) in [5.41, 5.74) is -0.480. The summed E-state index contributed by atoms with van der Waals surface area (Å²) < 4.78 is 5.45. The highest BCUT2D eigenvalue weighted by Gasteiger charge is 2.48. The molecule has 14 heavy (non-hydrogen) atoms. The van der Waals surface area contributed by atoms with Gasteiger partial charge in [0, 0.05) is 6.61 Å². The van der Waals surface area contributed by atoms with Crippen LogP contribution in [0.2, 0.25) is 0 Å². The summed E-state index contributed by atoms with van der Waals surface area (Å²) in [6.07, 6.45) is 4.13. The molecule has 80 valence electrons. The molecule has 0 aliphatic carbocycles. The molecule has 2 rings (SSSR count). The number of thioether (sulfide) groups is 1. The lowest BCUT2D eigenvalue weighted by Gasteiger charge is -2.31. The van der Waals surface area contributed by atoms with Crippen molar-refractivity contribution in [1.82, 2.24) is 0 Å². The van der Waals surface area contributed by atoms with E-state index in [9.17, 15) is 4.79 Å². The SMILES string of the molecule is CC1(C(=O)C2(C)CCCS2)CCCO1. The third-order valence-corrected chi connectivity index (χ3v) is 4.92. The number of Topliss-reactive ketones (excluding diaryl/α,β-unsaturated/α-hetero) is 1. The highest BCUT2D eigenvalue weighted by molar-refractivity contribution is 8.01.